The molecule has 2 atom stereocenters. The minimum absolute atomic E-state index is 0.0143. The number of benzene rings is 2. The first-order valence-corrected chi connectivity index (χ1v) is 12.3. The molecule has 2 aliphatic rings. The van der Waals surface area contributed by atoms with Crippen molar-refractivity contribution in [3.8, 4) is 5.69 Å². The van der Waals surface area contributed by atoms with Crippen LogP contribution in [-0.4, -0.2) is 37.0 Å². The van der Waals surface area contributed by atoms with Crippen LogP contribution in [0.1, 0.15) is 31.4 Å². The van der Waals surface area contributed by atoms with E-state index in [1.165, 1.54) is 23.9 Å². The maximum atomic E-state index is 13.7. The lowest BCUT2D eigenvalue weighted by Gasteiger charge is -2.36. The van der Waals surface area contributed by atoms with Crippen LogP contribution in [0.25, 0.3) is 16.7 Å². The maximum Gasteiger partial charge on any atom is 0.265 e. The molecule has 4 heterocycles. The van der Waals surface area contributed by atoms with Crippen molar-refractivity contribution < 1.29 is 9.18 Å². The van der Waals surface area contributed by atoms with Crippen molar-refractivity contribution in [3.05, 3.63) is 76.5 Å². The number of amides is 1. The molecule has 2 aromatic heterocycles. The largest absolute Gasteiger partial charge is 0.309 e. The Bertz CT molecular complexity index is 1480. The van der Waals surface area contributed by atoms with Crippen molar-refractivity contribution in [2.75, 3.05) is 10.7 Å². The molecule has 172 valence electrons. The number of carbonyl (C=O) groups is 1. The van der Waals surface area contributed by atoms with Gasteiger partial charge in [0.05, 0.1) is 17.9 Å². The molecule has 34 heavy (non-hydrogen) atoms. The number of rotatable bonds is 3. The van der Waals surface area contributed by atoms with E-state index in [9.17, 15) is 14.0 Å². The molecule has 2 aliphatic heterocycles. The number of aryl methyl sites for hydroxylation is 1. The summed E-state index contributed by atoms with van der Waals surface area (Å²) in [4.78, 5) is 33.4. The summed E-state index contributed by atoms with van der Waals surface area (Å²) in [7, 11) is 0. The number of thioether (sulfide) groups is 1. The number of para-hydroxylation sites is 1. The number of fused-ring (bicyclic) bond motifs is 3. The predicted octanol–water partition coefficient (Wildman–Crippen LogP) is 4.13. The van der Waals surface area contributed by atoms with Crippen LogP contribution in [0.2, 0.25) is 0 Å². The summed E-state index contributed by atoms with van der Waals surface area (Å²) >= 11 is 1.48. The maximum absolute atomic E-state index is 13.7. The Hall–Kier alpha value is -3.46. The number of anilines is 1. The number of aromatic nitrogens is 4. The SMILES string of the molecule is CC1CCc2cc(F)ccc2N1C(=O)CC1CSc2nc3c(cnn3-c3ccccc3)c(=O)n21. The van der Waals surface area contributed by atoms with Crippen LogP contribution in [0.4, 0.5) is 10.1 Å². The zero-order chi connectivity index (χ0) is 23.4. The van der Waals surface area contributed by atoms with Crippen molar-refractivity contribution in [2.45, 2.75) is 43.4 Å². The van der Waals surface area contributed by atoms with Gasteiger partial charge in [0.15, 0.2) is 10.8 Å². The first-order valence-electron chi connectivity index (χ1n) is 11.3. The molecule has 7 nitrogen and oxygen atoms in total. The number of nitrogens with zero attached hydrogens (tertiary/aromatic N) is 5. The van der Waals surface area contributed by atoms with Crippen LogP contribution in [0, 0.1) is 5.82 Å². The normalized spacial score (nSPS) is 19.3. The molecule has 0 aliphatic carbocycles. The van der Waals surface area contributed by atoms with Crippen LogP contribution in [0.5, 0.6) is 0 Å². The summed E-state index contributed by atoms with van der Waals surface area (Å²) in [6, 6.07) is 13.9. The van der Waals surface area contributed by atoms with E-state index in [0.717, 1.165) is 29.8 Å². The molecule has 0 saturated heterocycles. The highest BCUT2D eigenvalue weighted by Gasteiger charge is 2.34. The first-order chi connectivity index (χ1) is 16.5. The lowest BCUT2D eigenvalue weighted by Crippen LogP contribution is -2.43. The van der Waals surface area contributed by atoms with Gasteiger partial charge in [-0.05, 0) is 55.7 Å². The van der Waals surface area contributed by atoms with E-state index in [2.05, 4.69) is 5.10 Å². The first kappa shape index (κ1) is 21.1. The molecule has 0 N–H and O–H groups in total. The van der Waals surface area contributed by atoms with Gasteiger partial charge < -0.3 is 4.90 Å². The Morgan fingerprint density at radius 3 is 2.85 bits per heavy atom. The van der Waals surface area contributed by atoms with Gasteiger partial charge in [0.25, 0.3) is 5.56 Å². The predicted molar refractivity (Wildman–Crippen MR) is 129 cm³/mol. The molecule has 0 bridgehead atoms. The second kappa shape index (κ2) is 8.09. The summed E-state index contributed by atoms with van der Waals surface area (Å²) in [5, 5.41) is 5.42. The second-order valence-electron chi connectivity index (χ2n) is 8.79. The Morgan fingerprint density at radius 1 is 1.21 bits per heavy atom. The molecule has 2 unspecified atom stereocenters. The highest BCUT2D eigenvalue weighted by atomic mass is 32.2. The van der Waals surface area contributed by atoms with E-state index in [4.69, 9.17) is 4.98 Å². The van der Waals surface area contributed by atoms with Crippen LogP contribution in [0.15, 0.2) is 64.7 Å². The van der Waals surface area contributed by atoms with Gasteiger partial charge in [0.1, 0.15) is 11.2 Å². The van der Waals surface area contributed by atoms with Crippen LogP contribution in [-0.2, 0) is 11.2 Å². The molecule has 1 amide bonds. The monoisotopic (exact) mass is 475 g/mol. The van der Waals surface area contributed by atoms with Crippen LogP contribution < -0.4 is 10.5 Å². The van der Waals surface area contributed by atoms with Gasteiger partial charge in [0, 0.05) is 23.9 Å². The lowest BCUT2D eigenvalue weighted by molar-refractivity contribution is -0.119. The van der Waals surface area contributed by atoms with E-state index >= 15 is 0 Å². The molecule has 0 spiro atoms. The fourth-order valence-electron chi connectivity index (χ4n) is 4.94. The van der Waals surface area contributed by atoms with E-state index in [0.29, 0.717) is 21.9 Å². The molecule has 6 rings (SSSR count). The van der Waals surface area contributed by atoms with E-state index in [1.807, 2.05) is 37.3 Å². The molecular formula is C25H22FN5O2S. The number of carbonyl (C=O) groups excluding carboxylic acids is 1. The van der Waals surface area contributed by atoms with Gasteiger partial charge >= 0.3 is 0 Å². The molecule has 0 fully saturated rings. The number of hydrogen-bond acceptors (Lipinski definition) is 5. The molecule has 9 heteroatoms. The molecule has 2 aromatic carbocycles. The van der Waals surface area contributed by atoms with Crippen LogP contribution >= 0.6 is 11.8 Å². The van der Waals surface area contributed by atoms with E-state index in [1.54, 1.807) is 26.4 Å². The Balaban J connectivity index is 1.34. The quantitative estimate of drug-likeness (QED) is 0.417. The highest BCUT2D eigenvalue weighted by molar-refractivity contribution is 7.99. The van der Waals surface area contributed by atoms with Crippen molar-refractivity contribution in [3.63, 3.8) is 0 Å². The molecule has 0 radical (unpaired) electrons. The summed E-state index contributed by atoms with van der Waals surface area (Å²) in [5.74, 6) is 0.239. The minimum Gasteiger partial charge on any atom is -0.309 e. The fraction of sp³-hybridized carbons (Fsp3) is 0.280. The van der Waals surface area contributed by atoms with Crippen molar-refractivity contribution in [1.82, 2.24) is 19.3 Å². The standard InChI is InChI=1S/C25H22FN5O2S/c1-15-7-8-16-11-17(26)9-10-21(16)29(15)22(32)12-19-14-34-25-28-23-20(24(33)30(19)25)13-27-31(23)18-5-3-2-4-6-18/h2-6,9-11,13,15,19H,7-8,12,14H2,1H3. The average Bonchev–Trinajstić information content (AvgIpc) is 3.44. The van der Waals surface area contributed by atoms with Gasteiger partial charge in [0.2, 0.25) is 5.91 Å². The summed E-state index contributed by atoms with van der Waals surface area (Å²) in [5.41, 5.74) is 2.78. The molecular weight excluding hydrogens is 453 g/mol. The van der Waals surface area contributed by atoms with Gasteiger partial charge in [-0.3, -0.25) is 14.2 Å². The zero-order valence-corrected chi connectivity index (χ0v) is 19.3. The third-order valence-corrected chi connectivity index (χ3v) is 7.72. The van der Waals surface area contributed by atoms with Gasteiger partial charge in [-0.1, -0.05) is 30.0 Å². The number of halogens is 1. The number of hydrogen-bond donors (Lipinski definition) is 0. The van der Waals surface area contributed by atoms with E-state index < -0.39 is 0 Å². The lowest BCUT2D eigenvalue weighted by atomic mass is 9.95. The average molecular weight is 476 g/mol. The highest BCUT2D eigenvalue weighted by Crippen LogP contribution is 2.36. The summed E-state index contributed by atoms with van der Waals surface area (Å²) in [6.07, 6.45) is 3.25. The van der Waals surface area contributed by atoms with Crippen molar-refractivity contribution in [1.29, 1.82) is 0 Å². The van der Waals surface area contributed by atoms with E-state index in [-0.39, 0.29) is 35.8 Å². The summed E-state index contributed by atoms with van der Waals surface area (Å²) < 4.78 is 17.0. The van der Waals surface area contributed by atoms with Gasteiger partial charge in [-0.25, -0.2) is 14.1 Å². The van der Waals surface area contributed by atoms with Gasteiger partial charge in [-0.15, -0.1) is 0 Å². The van der Waals surface area contributed by atoms with Crippen LogP contribution in [0.3, 0.4) is 0 Å². The Kier molecular flexibility index (Phi) is 5.02. The van der Waals surface area contributed by atoms with Gasteiger partial charge in [-0.2, -0.15) is 5.10 Å². The fourth-order valence-corrected chi connectivity index (χ4v) is 6.07. The minimum atomic E-state index is -0.296. The second-order valence-corrected chi connectivity index (χ2v) is 9.78. The molecule has 4 aromatic rings. The van der Waals surface area contributed by atoms with Crippen molar-refractivity contribution >= 4 is 34.4 Å². The third-order valence-electron chi connectivity index (χ3n) is 6.62. The third kappa shape index (κ3) is 3.34. The molecule has 0 saturated carbocycles. The Labute approximate surface area is 199 Å². The summed E-state index contributed by atoms with van der Waals surface area (Å²) in [6.45, 7) is 2.01. The topological polar surface area (TPSA) is 73.0 Å². The zero-order valence-electron chi connectivity index (χ0n) is 18.5. The Morgan fingerprint density at radius 2 is 2.03 bits per heavy atom. The smallest absolute Gasteiger partial charge is 0.265 e. The van der Waals surface area contributed by atoms with Crippen molar-refractivity contribution in [2.24, 2.45) is 0 Å².